The third-order valence-corrected chi connectivity index (χ3v) is 2.55. The second-order valence-corrected chi connectivity index (χ2v) is 3.79. The highest BCUT2D eigenvalue weighted by atomic mass is 16.4. The van der Waals surface area contributed by atoms with Gasteiger partial charge in [0, 0.05) is 7.05 Å². The van der Waals surface area contributed by atoms with Gasteiger partial charge in [0.2, 0.25) is 17.7 Å². The molecule has 6 heteroatoms. The molecular formula is C10H13N3O3. The lowest BCUT2D eigenvalue weighted by Crippen LogP contribution is -2.36. The Morgan fingerprint density at radius 1 is 1.62 bits per heavy atom. The summed E-state index contributed by atoms with van der Waals surface area (Å²) in [6.45, 7) is 2.15. The van der Waals surface area contributed by atoms with Gasteiger partial charge >= 0.3 is 0 Å². The highest BCUT2D eigenvalue weighted by Crippen LogP contribution is 2.11. The zero-order valence-corrected chi connectivity index (χ0v) is 9.19. The first kappa shape index (κ1) is 10.8. The van der Waals surface area contributed by atoms with E-state index >= 15 is 0 Å². The molecule has 6 nitrogen and oxygen atoms in total. The van der Waals surface area contributed by atoms with Gasteiger partial charge in [0.25, 0.3) is 0 Å². The quantitative estimate of drug-likeness (QED) is 0.720. The SMILES string of the molecule is Cc1cnc(CNC2CC(=O)N(C)C2=O)o1. The first-order valence-electron chi connectivity index (χ1n) is 5.03. The van der Waals surface area contributed by atoms with Crippen LogP contribution in [0.4, 0.5) is 0 Å². The molecule has 86 valence electrons. The second-order valence-electron chi connectivity index (χ2n) is 3.79. The van der Waals surface area contributed by atoms with Crippen LogP contribution in [-0.2, 0) is 16.1 Å². The Kier molecular flexibility index (Phi) is 2.74. The molecule has 1 aliphatic rings. The molecule has 1 N–H and O–H groups in total. The van der Waals surface area contributed by atoms with Crippen molar-refractivity contribution in [3.8, 4) is 0 Å². The molecule has 1 fully saturated rings. The normalized spacial score (nSPS) is 20.9. The molecule has 0 radical (unpaired) electrons. The molecule has 1 aromatic heterocycles. The standard InChI is InChI=1S/C10H13N3O3/c1-6-4-12-8(16-6)5-11-7-3-9(14)13(2)10(7)15/h4,7,11H,3,5H2,1-2H3. The van der Waals surface area contributed by atoms with Crippen LogP contribution >= 0.6 is 0 Å². The molecule has 0 saturated carbocycles. The molecule has 1 unspecified atom stereocenters. The summed E-state index contributed by atoms with van der Waals surface area (Å²) < 4.78 is 5.25. The number of hydrogen-bond donors (Lipinski definition) is 1. The first-order chi connectivity index (χ1) is 7.58. The number of aryl methyl sites for hydroxylation is 1. The number of carbonyl (C=O) groups excluding carboxylic acids is 2. The average molecular weight is 223 g/mol. The van der Waals surface area contributed by atoms with E-state index < -0.39 is 6.04 Å². The van der Waals surface area contributed by atoms with Gasteiger partial charge < -0.3 is 4.42 Å². The summed E-state index contributed by atoms with van der Waals surface area (Å²) in [7, 11) is 1.49. The first-order valence-corrected chi connectivity index (χ1v) is 5.03. The lowest BCUT2D eigenvalue weighted by Gasteiger charge is -2.08. The van der Waals surface area contributed by atoms with Crippen LogP contribution in [0.25, 0.3) is 0 Å². The van der Waals surface area contributed by atoms with Gasteiger partial charge in [0.1, 0.15) is 5.76 Å². The molecular weight excluding hydrogens is 210 g/mol. The van der Waals surface area contributed by atoms with Gasteiger partial charge in [-0.1, -0.05) is 0 Å². The molecule has 1 saturated heterocycles. The van der Waals surface area contributed by atoms with Crippen LogP contribution in [0.2, 0.25) is 0 Å². The Labute approximate surface area is 92.6 Å². The smallest absolute Gasteiger partial charge is 0.246 e. The molecule has 0 aromatic carbocycles. The molecule has 1 aliphatic heterocycles. The largest absolute Gasteiger partial charge is 0.445 e. The molecule has 0 spiro atoms. The van der Waals surface area contributed by atoms with Gasteiger partial charge in [-0.25, -0.2) is 4.98 Å². The molecule has 2 rings (SSSR count). The van der Waals surface area contributed by atoms with E-state index in [-0.39, 0.29) is 18.2 Å². The second kappa shape index (κ2) is 4.05. The fraction of sp³-hybridized carbons (Fsp3) is 0.500. The summed E-state index contributed by atoms with van der Waals surface area (Å²) in [6, 6.07) is -0.454. The number of nitrogens with one attached hydrogen (secondary N) is 1. The van der Waals surface area contributed by atoms with E-state index in [9.17, 15) is 9.59 Å². The van der Waals surface area contributed by atoms with Crippen molar-refractivity contribution in [1.82, 2.24) is 15.2 Å². The van der Waals surface area contributed by atoms with Crippen molar-refractivity contribution >= 4 is 11.8 Å². The van der Waals surface area contributed by atoms with Gasteiger partial charge in [-0.2, -0.15) is 0 Å². The number of carbonyl (C=O) groups is 2. The lowest BCUT2D eigenvalue weighted by atomic mass is 10.2. The molecule has 16 heavy (non-hydrogen) atoms. The number of nitrogens with zero attached hydrogens (tertiary/aromatic N) is 2. The monoisotopic (exact) mass is 223 g/mol. The van der Waals surface area contributed by atoms with Crippen LogP contribution in [0.1, 0.15) is 18.1 Å². The maximum absolute atomic E-state index is 11.5. The maximum atomic E-state index is 11.5. The van der Waals surface area contributed by atoms with Gasteiger partial charge in [0.05, 0.1) is 25.2 Å². The van der Waals surface area contributed by atoms with Crippen molar-refractivity contribution in [3.05, 3.63) is 17.8 Å². The predicted octanol–water partition coefficient (Wildman–Crippen LogP) is -0.170. The number of imide groups is 1. The fourth-order valence-electron chi connectivity index (χ4n) is 1.61. The fourth-order valence-corrected chi connectivity index (χ4v) is 1.61. The molecule has 0 bridgehead atoms. The Morgan fingerprint density at radius 2 is 2.38 bits per heavy atom. The zero-order chi connectivity index (χ0) is 11.7. The lowest BCUT2D eigenvalue weighted by molar-refractivity contribution is -0.137. The number of likely N-dealkylation sites (N-methyl/N-ethyl adjacent to an activating group) is 1. The molecule has 2 amide bonds. The highest BCUT2D eigenvalue weighted by Gasteiger charge is 2.35. The van der Waals surface area contributed by atoms with Crippen molar-refractivity contribution in [3.63, 3.8) is 0 Å². The minimum atomic E-state index is -0.454. The molecule has 1 aromatic rings. The van der Waals surface area contributed by atoms with Gasteiger partial charge in [-0.3, -0.25) is 19.8 Å². The number of likely N-dealkylation sites (tertiary alicyclic amines) is 1. The summed E-state index contributed by atoms with van der Waals surface area (Å²) in [6.07, 6.45) is 1.82. The average Bonchev–Trinajstić information content (AvgIpc) is 2.76. The Hall–Kier alpha value is -1.69. The van der Waals surface area contributed by atoms with E-state index in [4.69, 9.17) is 4.42 Å². The summed E-state index contributed by atoms with van der Waals surface area (Å²) in [5.74, 6) is 0.884. The van der Waals surface area contributed by atoms with E-state index in [1.807, 2.05) is 0 Å². The van der Waals surface area contributed by atoms with Crippen LogP contribution < -0.4 is 5.32 Å². The minimum absolute atomic E-state index is 0.161. The predicted molar refractivity (Wildman–Crippen MR) is 54.3 cm³/mol. The van der Waals surface area contributed by atoms with Crippen molar-refractivity contribution in [2.45, 2.75) is 25.9 Å². The summed E-state index contributed by atoms with van der Waals surface area (Å²) >= 11 is 0. The third kappa shape index (κ3) is 1.96. The Bertz CT molecular complexity index is 427. The zero-order valence-electron chi connectivity index (χ0n) is 9.19. The van der Waals surface area contributed by atoms with E-state index in [2.05, 4.69) is 10.3 Å². The number of oxazole rings is 1. The van der Waals surface area contributed by atoms with Crippen molar-refractivity contribution in [1.29, 1.82) is 0 Å². The van der Waals surface area contributed by atoms with Crippen LogP contribution in [0.15, 0.2) is 10.6 Å². The van der Waals surface area contributed by atoms with Crippen LogP contribution in [0.5, 0.6) is 0 Å². The van der Waals surface area contributed by atoms with Gasteiger partial charge in [0.15, 0.2) is 0 Å². The number of amides is 2. The van der Waals surface area contributed by atoms with Crippen LogP contribution in [0, 0.1) is 6.92 Å². The highest BCUT2D eigenvalue weighted by molar-refractivity contribution is 6.05. The van der Waals surface area contributed by atoms with E-state index in [1.165, 1.54) is 7.05 Å². The summed E-state index contributed by atoms with van der Waals surface area (Å²) in [5.41, 5.74) is 0. The number of hydrogen-bond acceptors (Lipinski definition) is 5. The van der Waals surface area contributed by atoms with Crippen molar-refractivity contribution in [2.75, 3.05) is 7.05 Å². The van der Waals surface area contributed by atoms with E-state index in [0.29, 0.717) is 12.4 Å². The molecule has 1 atom stereocenters. The third-order valence-electron chi connectivity index (χ3n) is 2.55. The minimum Gasteiger partial charge on any atom is -0.445 e. The van der Waals surface area contributed by atoms with Crippen molar-refractivity contribution in [2.24, 2.45) is 0 Å². The Morgan fingerprint density at radius 3 is 2.88 bits per heavy atom. The summed E-state index contributed by atoms with van der Waals surface area (Å²) in [5, 5.41) is 2.95. The Balaban J connectivity index is 1.92. The van der Waals surface area contributed by atoms with E-state index in [0.717, 1.165) is 10.7 Å². The topological polar surface area (TPSA) is 75.4 Å². The van der Waals surface area contributed by atoms with E-state index in [1.54, 1.807) is 13.1 Å². The van der Waals surface area contributed by atoms with Crippen LogP contribution in [-0.4, -0.2) is 34.8 Å². The molecule has 2 heterocycles. The van der Waals surface area contributed by atoms with Crippen molar-refractivity contribution < 1.29 is 14.0 Å². The van der Waals surface area contributed by atoms with Gasteiger partial charge in [-0.15, -0.1) is 0 Å². The number of rotatable bonds is 3. The maximum Gasteiger partial charge on any atom is 0.246 e. The summed E-state index contributed by atoms with van der Waals surface area (Å²) in [4.78, 5) is 27.9. The van der Waals surface area contributed by atoms with Crippen LogP contribution in [0.3, 0.4) is 0 Å². The number of aromatic nitrogens is 1. The van der Waals surface area contributed by atoms with Gasteiger partial charge in [-0.05, 0) is 6.92 Å². The molecule has 0 aliphatic carbocycles.